The van der Waals surface area contributed by atoms with Gasteiger partial charge in [-0.25, -0.2) is 0 Å². The largest absolute Gasteiger partial charge is 0.478 e. The van der Waals surface area contributed by atoms with Crippen LogP contribution in [0.2, 0.25) is 0 Å². The minimum Gasteiger partial charge on any atom is -0.478 e. The van der Waals surface area contributed by atoms with Gasteiger partial charge in [0.1, 0.15) is 5.69 Å². The quantitative estimate of drug-likeness (QED) is 0.709. The molecule has 4 heteroatoms. The molecule has 0 aliphatic rings. The minimum absolute atomic E-state index is 0.507. The summed E-state index contributed by atoms with van der Waals surface area (Å²) in [6, 6.07) is 1.88. The van der Waals surface area contributed by atoms with Gasteiger partial charge in [0.15, 0.2) is 0 Å². The molecule has 1 N–H and O–H groups in total. The molecule has 0 aliphatic carbocycles. The molecule has 70 valence electrons. The lowest BCUT2D eigenvalue weighted by molar-refractivity contribution is 0.393. The smallest absolute Gasteiger partial charge is 0.256 e. The normalized spacial score (nSPS) is 9.38. The second-order valence-electron chi connectivity index (χ2n) is 2.58. The molecule has 0 amide bonds. The topological polar surface area (TPSA) is 47.0 Å². The maximum absolute atomic E-state index is 5.03. The average molecular weight is 179 g/mol. The predicted molar refractivity (Wildman–Crippen MR) is 52.0 cm³/mol. The Morgan fingerprint density at radius 3 is 3.00 bits per heavy atom. The number of rotatable bonds is 4. The molecule has 0 aromatic carbocycles. The third kappa shape index (κ3) is 2.43. The summed E-state index contributed by atoms with van der Waals surface area (Å²) in [5.41, 5.74) is 1.70. The molecule has 1 aromatic heterocycles. The SMILES string of the molecule is C=CCNc1cc(C)nnc1OC. The zero-order valence-corrected chi connectivity index (χ0v) is 7.87. The highest BCUT2D eigenvalue weighted by Crippen LogP contribution is 2.19. The Morgan fingerprint density at radius 2 is 2.38 bits per heavy atom. The van der Waals surface area contributed by atoms with E-state index in [0.29, 0.717) is 12.4 Å². The molecule has 0 fully saturated rings. The summed E-state index contributed by atoms with van der Waals surface area (Å²) in [5.74, 6) is 0.507. The van der Waals surface area contributed by atoms with Crippen LogP contribution in [0.15, 0.2) is 18.7 Å². The van der Waals surface area contributed by atoms with E-state index >= 15 is 0 Å². The van der Waals surface area contributed by atoms with Crippen LogP contribution in [0.5, 0.6) is 5.88 Å². The highest BCUT2D eigenvalue weighted by Gasteiger charge is 2.03. The van der Waals surface area contributed by atoms with E-state index in [9.17, 15) is 0 Å². The zero-order valence-electron chi connectivity index (χ0n) is 7.87. The van der Waals surface area contributed by atoms with E-state index in [2.05, 4.69) is 22.1 Å². The molecule has 1 aromatic rings. The van der Waals surface area contributed by atoms with Crippen LogP contribution in [0, 0.1) is 6.92 Å². The summed E-state index contributed by atoms with van der Waals surface area (Å²) in [5, 5.41) is 10.9. The van der Waals surface area contributed by atoms with Gasteiger partial charge in [-0.3, -0.25) is 0 Å². The standard InChI is InChI=1S/C9H13N3O/c1-4-5-10-8-6-7(2)11-12-9(8)13-3/h4,6H,1,5H2,2-3H3,(H,10,11). The van der Waals surface area contributed by atoms with E-state index in [1.807, 2.05) is 13.0 Å². The van der Waals surface area contributed by atoms with E-state index in [-0.39, 0.29) is 0 Å². The average Bonchev–Trinajstić information content (AvgIpc) is 2.15. The summed E-state index contributed by atoms with van der Waals surface area (Å²) in [6.45, 7) is 6.18. The first-order valence-electron chi connectivity index (χ1n) is 4.01. The third-order valence-corrected chi connectivity index (χ3v) is 1.51. The molecule has 0 saturated carbocycles. The summed E-state index contributed by atoms with van der Waals surface area (Å²) in [6.07, 6.45) is 1.77. The predicted octanol–water partition coefficient (Wildman–Crippen LogP) is 1.39. The fourth-order valence-corrected chi connectivity index (χ4v) is 0.937. The van der Waals surface area contributed by atoms with Crippen LogP contribution in [0.3, 0.4) is 0 Å². The van der Waals surface area contributed by atoms with Crippen LogP contribution in [-0.2, 0) is 0 Å². The van der Waals surface area contributed by atoms with Crippen molar-refractivity contribution >= 4 is 5.69 Å². The van der Waals surface area contributed by atoms with Gasteiger partial charge in [0.2, 0.25) is 0 Å². The van der Waals surface area contributed by atoms with Crippen molar-refractivity contribution in [2.24, 2.45) is 0 Å². The van der Waals surface area contributed by atoms with Crippen molar-refractivity contribution in [2.75, 3.05) is 19.0 Å². The first kappa shape index (κ1) is 9.51. The molecule has 0 radical (unpaired) electrons. The lowest BCUT2D eigenvalue weighted by Gasteiger charge is -2.07. The van der Waals surface area contributed by atoms with Crippen molar-refractivity contribution in [3.63, 3.8) is 0 Å². The summed E-state index contributed by atoms with van der Waals surface area (Å²) >= 11 is 0. The molecule has 0 spiro atoms. The van der Waals surface area contributed by atoms with Gasteiger partial charge in [0.05, 0.1) is 12.8 Å². The first-order valence-corrected chi connectivity index (χ1v) is 4.01. The fourth-order valence-electron chi connectivity index (χ4n) is 0.937. The lowest BCUT2D eigenvalue weighted by atomic mass is 10.3. The van der Waals surface area contributed by atoms with Gasteiger partial charge in [0.25, 0.3) is 5.88 Å². The van der Waals surface area contributed by atoms with Crippen molar-refractivity contribution in [1.82, 2.24) is 10.2 Å². The molecule has 1 rings (SSSR count). The molecule has 13 heavy (non-hydrogen) atoms. The number of aryl methyl sites for hydroxylation is 1. The molecule has 0 atom stereocenters. The van der Waals surface area contributed by atoms with Crippen LogP contribution in [-0.4, -0.2) is 23.9 Å². The van der Waals surface area contributed by atoms with Gasteiger partial charge < -0.3 is 10.1 Å². The van der Waals surface area contributed by atoms with Crippen LogP contribution < -0.4 is 10.1 Å². The van der Waals surface area contributed by atoms with Gasteiger partial charge in [-0.2, -0.15) is 5.10 Å². The molecule has 0 saturated heterocycles. The Hall–Kier alpha value is -1.58. The van der Waals surface area contributed by atoms with Crippen LogP contribution in [0.25, 0.3) is 0 Å². The minimum atomic E-state index is 0.507. The van der Waals surface area contributed by atoms with Crippen molar-refractivity contribution in [2.45, 2.75) is 6.92 Å². The van der Waals surface area contributed by atoms with Gasteiger partial charge >= 0.3 is 0 Å². The third-order valence-electron chi connectivity index (χ3n) is 1.51. The summed E-state index contributed by atoms with van der Waals surface area (Å²) in [4.78, 5) is 0. The van der Waals surface area contributed by atoms with Crippen molar-refractivity contribution < 1.29 is 4.74 Å². The van der Waals surface area contributed by atoms with E-state index in [1.165, 1.54) is 0 Å². The Morgan fingerprint density at radius 1 is 1.62 bits per heavy atom. The molecule has 0 bridgehead atoms. The van der Waals surface area contributed by atoms with Gasteiger partial charge in [0, 0.05) is 6.54 Å². The molecule has 4 nitrogen and oxygen atoms in total. The highest BCUT2D eigenvalue weighted by atomic mass is 16.5. The maximum atomic E-state index is 5.03. The van der Waals surface area contributed by atoms with Gasteiger partial charge in [-0.15, -0.1) is 11.7 Å². The number of methoxy groups -OCH3 is 1. The zero-order chi connectivity index (χ0) is 9.68. The Bertz CT molecular complexity index is 299. The second kappa shape index (κ2) is 4.45. The Labute approximate surface area is 77.6 Å². The number of aromatic nitrogens is 2. The monoisotopic (exact) mass is 179 g/mol. The lowest BCUT2D eigenvalue weighted by Crippen LogP contribution is -2.03. The first-order chi connectivity index (χ1) is 6.27. The number of nitrogens with one attached hydrogen (secondary N) is 1. The molecule has 1 heterocycles. The van der Waals surface area contributed by atoms with E-state index in [1.54, 1.807) is 13.2 Å². The second-order valence-corrected chi connectivity index (χ2v) is 2.58. The van der Waals surface area contributed by atoms with E-state index < -0.39 is 0 Å². The number of anilines is 1. The van der Waals surface area contributed by atoms with E-state index in [0.717, 1.165) is 11.4 Å². The van der Waals surface area contributed by atoms with Crippen LogP contribution >= 0.6 is 0 Å². The Balaban J connectivity index is 2.87. The van der Waals surface area contributed by atoms with Gasteiger partial charge in [-0.05, 0) is 13.0 Å². The van der Waals surface area contributed by atoms with Crippen molar-refractivity contribution in [3.05, 3.63) is 24.4 Å². The number of hydrogen-bond donors (Lipinski definition) is 1. The van der Waals surface area contributed by atoms with Crippen molar-refractivity contribution in [1.29, 1.82) is 0 Å². The fraction of sp³-hybridized carbons (Fsp3) is 0.333. The molecular weight excluding hydrogens is 166 g/mol. The summed E-state index contributed by atoms with van der Waals surface area (Å²) in [7, 11) is 1.57. The molecular formula is C9H13N3O. The molecule has 0 aliphatic heterocycles. The van der Waals surface area contributed by atoms with E-state index in [4.69, 9.17) is 4.74 Å². The van der Waals surface area contributed by atoms with Gasteiger partial charge in [-0.1, -0.05) is 6.08 Å². The Kier molecular flexibility index (Phi) is 3.25. The number of hydrogen-bond acceptors (Lipinski definition) is 4. The van der Waals surface area contributed by atoms with Crippen LogP contribution in [0.4, 0.5) is 5.69 Å². The van der Waals surface area contributed by atoms with Crippen molar-refractivity contribution in [3.8, 4) is 5.88 Å². The summed E-state index contributed by atoms with van der Waals surface area (Å²) < 4.78 is 5.03. The number of nitrogens with zero attached hydrogens (tertiary/aromatic N) is 2. The molecule has 0 unspecified atom stereocenters. The van der Waals surface area contributed by atoms with Crippen LogP contribution in [0.1, 0.15) is 5.69 Å². The highest BCUT2D eigenvalue weighted by molar-refractivity contribution is 5.52. The number of ether oxygens (including phenoxy) is 1. The maximum Gasteiger partial charge on any atom is 0.256 e.